The van der Waals surface area contributed by atoms with E-state index in [1.165, 1.54) is 11.1 Å². The average Bonchev–Trinajstić information content (AvgIpc) is 2.40. The van der Waals surface area contributed by atoms with Crippen LogP contribution in [0, 0.1) is 5.41 Å². The zero-order chi connectivity index (χ0) is 12.4. The lowest BCUT2D eigenvalue weighted by Crippen LogP contribution is -2.34. The molecule has 0 atom stereocenters. The van der Waals surface area contributed by atoms with E-state index in [9.17, 15) is 0 Å². The second kappa shape index (κ2) is 4.75. The second-order valence-electron chi connectivity index (χ2n) is 4.77. The third kappa shape index (κ3) is 2.20. The molecule has 0 saturated heterocycles. The molecule has 1 N–H and O–H groups in total. The topological polar surface area (TPSA) is 27.1 Å². The van der Waals surface area contributed by atoms with Crippen molar-refractivity contribution in [1.29, 1.82) is 5.41 Å². The third-order valence-corrected chi connectivity index (χ3v) is 3.37. The standard InChI is InChI=1S/C16H16N2/c17-16-12-18(10-13-6-2-1-3-7-13)11-14-8-4-5-9-15(14)16/h1-9,17H,10-12H2. The second-order valence-corrected chi connectivity index (χ2v) is 4.77. The molecule has 0 amide bonds. The first-order chi connectivity index (χ1) is 8.83. The summed E-state index contributed by atoms with van der Waals surface area (Å²) in [6, 6.07) is 18.7. The lowest BCUT2D eigenvalue weighted by molar-refractivity contribution is 0.288. The quantitative estimate of drug-likeness (QED) is 0.852. The zero-order valence-electron chi connectivity index (χ0n) is 10.3. The Morgan fingerprint density at radius 3 is 2.44 bits per heavy atom. The highest BCUT2D eigenvalue weighted by molar-refractivity contribution is 6.01. The summed E-state index contributed by atoms with van der Waals surface area (Å²) in [5.74, 6) is 0. The molecule has 0 fully saturated rings. The fourth-order valence-electron chi connectivity index (χ4n) is 2.51. The summed E-state index contributed by atoms with van der Waals surface area (Å²) >= 11 is 0. The Kier molecular flexibility index (Phi) is 2.95. The van der Waals surface area contributed by atoms with Crippen molar-refractivity contribution in [3.05, 3.63) is 71.3 Å². The van der Waals surface area contributed by atoms with Gasteiger partial charge in [0.2, 0.25) is 0 Å². The van der Waals surface area contributed by atoms with Crippen molar-refractivity contribution in [3.8, 4) is 0 Å². The van der Waals surface area contributed by atoms with Crippen LogP contribution in [0.1, 0.15) is 16.7 Å². The summed E-state index contributed by atoms with van der Waals surface area (Å²) < 4.78 is 0. The van der Waals surface area contributed by atoms with Crippen LogP contribution in [0.5, 0.6) is 0 Å². The minimum Gasteiger partial charge on any atom is -0.303 e. The van der Waals surface area contributed by atoms with Crippen LogP contribution in [-0.4, -0.2) is 17.2 Å². The molecular weight excluding hydrogens is 220 g/mol. The molecule has 0 aliphatic carbocycles. The average molecular weight is 236 g/mol. The van der Waals surface area contributed by atoms with Crippen molar-refractivity contribution in [1.82, 2.24) is 4.90 Å². The number of hydrogen-bond acceptors (Lipinski definition) is 2. The van der Waals surface area contributed by atoms with E-state index < -0.39 is 0 Å². The predicted octanol–water partition coefficient (Wildman–Crippen LogP) is 3.07. The number of hydrogen-bond donors (Lipinski definition) is 1. The van der Waals surface area contributed by atoms with Gasteiger partial charge in [0.05, 0.1) is 5.71 Å². The first kappa shape index (κ1) is 11.2. The summed E-state index contributed by atoms with van der Waals surface area (Å²) in [6.07, 6.45) is 0. The monoisotopic (exact) mass is 236 g/mol. The maximum absolute atomic E-state index is 8.13. The van der Waals surface area contributed by atoms with Crippen molar-refractivity contribution in [2.75, 3.05) is 6.54 Å². The Labute approximate surface area is 107 Å². The molecule has 0 unspecified atom stereocenters. The molecule has 18 heavy (non-hydrogen) atoms. The Morgan fingerprint density at radius 1 is 0.889 bits per heavy atom. The van der Waals surface area contributed by atoms with Gasteiger partial charge < -0.3 is 5.41 Å². The lowest BCUT2D eigenvalue weighted by Gasteiger charge is -2.29. The van der Waals surface area contributed by atoms with E-state index >= 15 is 0 Å². The summed E-state index contributed by atoms with van der Waals surface area (Å²) in [6.45, 7) is 2.59. The molecule has 0 spiro atoms. The molecule has 2 aromatic carbocycles. The van der Waals surface area contributed by atoms with Gasteiger partial charge in [-0.3, -0.25) is 4.90 Å². The van der Waals surface area contributed by atoms with E-state index in [1.807, 2.05) is 12.1 Å². The molecule has 0 aromatic heterocycles. The Balaban J connectivity index is 1.80. The van der Waals surface area contributed by atoms with E-state index in [0.29, 0.717) is 0 Å². The van der Waals surface area contributed by atoms with Gasteiger partial charge in [0.1, 0.15) is 0 Å². The lowest BCUT2D eigenvalue weighted by atomic mass is 9.98. The van der Waals surface area contributed by atoms with Crippen molar-refractivity contribution in [3.63, 3.8) is 0 Å². The Morgan fingerprint density at radius 2 is 1.61 bits per heavy atom. The first-order valence-corrected chi connectivity index (χ1v) is 6.25. The highest BCUT2D eigenvalue weighted by Gasteiger charge is 2.19. The van der Waals surface area contributed by atoms with Crippen LogP contribution in [0.2, 0.25) is 0 Å². The molecule has 1 aliphatic rings. The van der Waals surface area contributed by atoms with Gasteiger partial charge >= 0.3 is 0 Å². The van der Waals surface area contributed by atoms with Gasteiger partial charge in [0, 0.05) is 25.2 Å². The van der Waals surface area contributed by atoms with Crippen LogP contribution in [0.25, 0.3) is 0 Å². The molecule has 3 rings (SSSR count). The molecule has 1 aliphatic heterocycles. The molecule has 0 bridgehead atoms. The number of benzene rings is 2. The van der Waals surface area contributed by atoms with Crippen LogP contribution in [0.4, 0.5) is 0 Å². The molecule has 1 heterocycles. The summed E-state index contributed by atoms with van der Waals surface area (Å²) in [4.78, 5) is 2.32. The maximum Gasteiger partial charge on any atom is 0.0530 e. The summed E-state index contributed by atoms with van der Waals surface area (Å²) in [5.41, 5.74) is 4.42. The molecule has 2 aromatic rings. The molecule has 0 radical (unpaired) electrons. The van der Waals surface area contributed by atoms with E-state index in [0.717, 1.165) is 30.9 Å². The smallest absolute Gasteiger partial charge is 0.0530 e. The van der Waals surface area contributed by atoms with Crippen LogP contribution in [0.3, 0.4) is 0 Å². The Hall–Kier alpha value is -1.93. The summed E-state index contributed by atoms with van der Waals surface area (Å²) in [5, 5.41) is 8.13. The molecule has 90 valence electrons. The predicted molar refractivity (Wildman–Crippen MR) is 73.8 cm³/mol. The van der Waals surface area contributed by atoms with Crippen molar-refractivity contribution < 1.29 is 0 Å². The molecule has 2 nitrogen and oxygen atoms in total. The molecule has 2 heteroatoms. The van der Waals surface area contributed by atoms with Crippen molar-refractivity contribution in [2.24, 2.45) is 0 Å². The largest absolute Gasteiger partial charge is 0.303 e. The van der Waals surface area contributed by atoms with Crippen LogP contribution in [0.15, 0.2) is 54.6 Å². The van der Waals surface area contributed by atoms with Crippen molar-refractivity contribution in [2.45, 2.75) is 13.1 Å². The number of nitrogens with zero attached hydrogens (tertiary/aromatic N) is 1. The SMILES string of the molecule is N=C1CN(Cc2ccccc2)Cc2ccccc21. The van der Waals surface area contributed by atoms with Gasteiger partial charge in [-0.15, -0.1) is 0 Å². The van der Waals surface area contributed by atoms with Gasteiger partial charge in [-0.2, -0.15) is 0 Å². The fourth-order valence-corrected chi connectivity index (χ4v) is 2.51. The van der Waals surface area contributed by atoms with E-state index in [2.05, 4.69) is 47.4 Å². The van der Waals surface area contributed by atoms with Gasteiger partial charge in [0.15, 0.2) is 0 Å². The highest BCUT2D eigenvalue weighted by atomic mass is 15.1. The minimum atomic E-state index is 0.729. The number of nitrogens with one attached hydrogen (secondary N) is 1. The minimum absolute atomic E-state index is 0.729. The van der Waals surface area contributed by atoms with Gasteiger partial charge in [0.25, 0.3) is 0 Å². The van der Waals surface area contributed by atoms with Crippen LogP contribution in [-0.2, 0) is 13.1 Å². The van der Waals surface area contributed by atoms with Crippen LogP contribution >= 0.6 is 0 Å². The first-order valence-electron chi connectivity index (χ1n) is 6.25. The summed E-state index contributed by atoms with van der Waals surface area (Å²) in [7, 11) is 0. The van der Waals surface area contributed by atoms with E-state index in [1.54, 1.807) is 0 Å². The highest BCUT2D eigenvalue weighted by Crippen LogP contribution is 2.20. The van der Waals surface area contributed by atoms with Crippen LogP contribution < -0.4 is 0 Å². The normalized spacial score (nSPS) is 15.4. The van der Waals surface area contributed by atoms with Gasteiger partial charge in [-0.25, -0.2) is 0 Å². The number of fused-ring (bicyclic) bond motifs is 1. The van der Waals surface area contributed by atoms with E-state index in [-0.39, 0.29) is 0 Å². The number of rotatable bonds is 2. The third-order valence-electron chi connectivity index (χ3n) is 3.37. The maximum atomic E-state index is 8.13. The fraction of sp³-hybridized carbons (Fsp3) is 0.188. The van der Waals surface area contributed by atoms with Crippen molar-refractivity contribution >= 4 is 5.71 Å². The zero-order valence-corrected chi connectivity index (χ0v) is 10.3. The van der Waals surface area contributed by atoms with Gasteiger partial charge in [-0.05, 0) is 11.1 Å². The Bertz CT molecular complexity index is 560. The van der Waals surface area contributed by atoms with Gasteiger partial charge in [-0.1, -0.05) is 54.6 Å². The molecule has 0 saturated carbocycles. The molecular formula is C16H16N2. The van der Waals surface area contributed by atoms with E-state index in [4.69, 9.17) is 5.41 Å².